The molecule has 3 nitrogen and oxygen atoms in total. The predicted molar refractivity (Wildman–Crippen MR) is 52.3 cm³/mol. The van der Waals surface area contributed by atoms with Crippen molar-refractivity contribution in [3.05, 3.63) is 30.7 Å². The molecule has 0 heterocycles. The largest absolute Gasteiger partial charge is 0.494 e. The minimum atomic E-state index is -0.377. The Morgan fingerprint density at radius 3 is 2.57 bits per heavy atom. The van der Waals surface area contributed by atoms with Crippen LogP contribution < -0.4 is 9.47 Å². The third-order valence-corrected chi connectivity index (χ3v) is 1.47. The molecule has 0 aliphatic heterocycles. The van der Waals surface area contributed by atoms with Crippen molar-refractivity contribution in [3.8, 4) is 11.5 Å². The molecule has 0 saturated heterocycles. The number of rotatable bonds is 3. The Kier molecular flexibility index (Phi) is 3.51. The highest BCUT2D eigenvalue weighted by atomic mass is 16.5. The van der Waals surface area contributed by atoms with Gasteiger partial charge in [0.15, 0.2) is 0 Å². The summed E-state index contributed by atoms with van der Waals surface area (Å²) in [5.41, 5.74) is 0.507. The standard InChI is InChI=1S/C11H12O3/c1-4-13-10-5-8(2)6-11(7-10)14-9(3)12/h2,5-7H,4H2,1,3H3. The Hall–Kier alpha value is -1.51. The van der Waals surface area contributed by atoms with Gasteiger partial charge in [0.2, 0.25) is 0 Å². The third kappa shape index (κ3) is 3.09. The summed E-state index contributed by atoms with van der Waals surface area (Å²) >= 11 is 0. The number of hydrogen-bond acceptors (Lipinski definition) is 3. The maximum absolute atomic E-state index is 10.7. The molecule has 0 aliphatic carbocycles. The normalized spacial score (nSPS) is 9.64. The number of esters is 1. The molecule has 0 bridgehead atoms. The fourth-order valence-electron chi connectivity index (χ4n) is 1.07. The highest BCUT2D eigenvalue weighted by molar-refractivity contribution is 5.69. The van der Waals surface area contributed by atoms with E-state index in [0.717, 1.165) is 0 Å². The van der Waals surface area contributed by atoms with Gasteiger partial charge in [0.25, 0.3) is 0 Å². The van der Waals surface area contributed by atoms with Gasteiger partial charge in [0.05, 0.1) is 6.61 Å². The van der Waals surface area contributed by atoms with E-state index < -0.39 is 0 Å². The van der Waals surface area contributed by atoms with Crippen LogP contribution in [0.3, 0.4) is 0 Å². The van der Waals surface area contributed by atoms with Crippen molar-refractivity contribution in [3.63, 3.8) is 0 Å². The van der Waals surface area contributed by atoms with Crippen LogP contribution in [0.25, 0.3) is 0 Å². The summed E-state index contributed by atoms with van der Waals surface area (Å²) in [4.78, 5) is 10.7. The minimum Gasteiger partial charge on any atom is -0.494 e. The van der Waals surface area contributed by atoms with E-state index in [1.165, 1.54) is 6.92 Å². The second-order valence-corrected chi connectivity index (χ2v) is 2.76. The number of ether oxygens (including phenoxy) is 2. The van der Waals surface area contributed by atoms with Crippen LogP contribution in [-0.4, -0.2) is 12.6 Å². The van der Waals surface area contributed by atoms with Gasteiger partial charge < -0.3 is 9.47 Å². The van der Waals surface area contributed by atoms with Crippen LogP contribution in [0.15, 0.2) is 18.2 Å². The lowest BCUT2D eigenvalue weighted by molar-refractivity contribution is -0.131. The summed E-state index contributed by atoms with van der Waals surface area (Å²) in [5.74, 6) is 0.628. The summed E-state index contributed by atoms with van der Waals surface area (Å²) in [6.45, 7) is 9.35. The summed E-state index contributed by atoms with van der Waals surface area (Å²) in [5, 5.41) is 0. The summed E-state index contributed by atoms with van der Waals surface area (Å²) in [7, 11) is 0. The Morgan fingerprint density at radius 1 is 1.36 bits per heavy atom. The van der Waals surface area contributed by atoms with Crippen LogP contribution >= 0.6 is 0 Å². The summed E-state index contributed by atoms with van der Waals surface area (Å²) < 4.78 is 10.1. The smallest absolute Gasteiger partial charge is 0.308 e. The maximum Gasteiger partial charge on any atom is 0.308 e. The zero-order chi connectivity index (χ0) is 10.6. The molecule has 14 heavy (non-hydrogen) atoms. The average molecular weight is 192 g/mol. The van der Waals surface area contributed by atoms with Crippen LogP contribution in [0.5, 0.6) is 11.5 Å². The second kappa shape index (κ2) is 4.65. The Bertz CT molecular complexity index is 331. The number of benzene rings is 1. The highest BCUT2D eigenvalue weighted by Crippen LogP contribution is 2.22. The first kappa shape index (κ1) is 10.6. The van der Waals surface area contributed by atoms with Crippen molar-refractivity contribution < 1.29 is 14.3 Å². The molecular formula is C11H12O3. The molecule has 0 saturated carbocycles. The summed E-state index contributed by atoms with van der Waals surface area (Å²) in [6, 6.07) is 4.88. The first-order valence-corrected chi connectivity index (χ1v) is 4.33. The monoisotopic (exact) mass is 192 g/mol. The van der Waals surface area contributed by atoms with Crippen molar-refractivity contribution in [2.75, 3.05) is 6.61 Å². The molecule has 0 atom stereocenters. The van der Waals surface area contributed by atoms with Gasteiger partial charge in [0.1, 0.15) is 11.5 Å². The first-order chi connectivity index (χ1) is 6.61. The number of carbonyl (C=O) groups is 1. The van der Waals surface area contributed by atoms with Crippen molar-refractivity contribution in [2.24, 2.45) is 0 Å². The van der Waals surface area contributed by atoms with Gasteiger partial charge in [-0.15, -0.1) is 0 Å². The zero-order valence-corrected chi connectivity index (χ0v) is 8.24. The Balaban J connectivity index is 2.88. The molecule has 2 radical (unpaired) electrons. The van der Waals surface area contributed by atoms with Crippen LogP contribution in [0.2, 0.25) is 0 Å². The van der Waals surface area contributed by atoms with E-state index >= 15 is 0 Å². The van der Waals surface area contributed by atoms with Gasteiger partial charge in [-0.3, -0.25) is 4.79 Å². The van der Waals surface area contributed by atoms with E-state index in [9.17, 15) is 4.79 Å². The van der Waals surface area contributed by atoms with Crippen LogP contribution in [0.4, 0.5) is 0 Å². The third-order valence-electron chi connectivity index (χ3n) is 1.47. The molecule has 0 spiro atoms. The van der Waals surface area contributed by atoms with Crippen molar-refractivity contribution in [2.45, 2.75) is 13.8 Å². The van der Waals surface area contributed by atoms with E-state index in [1.54, 1.807) is 18.2 Å². The lowest BCUT2D eigenvalue weighted by Crippen LogP contribution is -2.02. The first-order valence-electron chi connectivity index (χ1n) is 4.33. The molecule has 3 heteroatoms. The quantitative estimate of drug-likeness (QED) is 0.543. The summed E-state index contributed by atoms with van der Waals surface area (Å²) in [6.07, 6.45) is 0. The number of hydrogen-bond donors (Lipinski definition) is 0. The number of carbonyl (C=O) groups excluding carboxylic acids is 1. The van der Waals surface area contributed by atoms with Gasteiger partial charge in [-0.2, -0.15) is 0 Å². The van der Waals surface area contributed by atoms with Crippen molar-refractivity contribution >= 4 is 5.97 Å². The van der Waals surface area contributed by atoms with Crippen molar-refractivity contribution in [1.29, 1.82) is 0 Å². The van der Waals surface area contributed by atoms with E-state index in [0.29, 0.717) is 23.7 Å². The Labute approximate surface area is 83.6 Å². The molecule has 0 aliphatic rings. The SMILES string of the molecule is [CH]c1cc(OCC)cc(OC(C)=O)c1. The molecule has 1 rings (SSSR count). The molecule has 0 N–H and O–H groups in total. The topological polar surface area (TPSA) is 35.5 Å². The van der Waals surface area contributed by atoms with E-state index in [1.807, 2.05) is 6.92 Å². The lowest BCUT2D eigenvalue weighted by atomic mass is 10.2. The van der Waals surface area contributed by atoms with Gasteiger partial charge >= 0.3 is 5.97 Å². The van der Waals surface area contributed by atoms with Gasteiger partial charge in [-0.05, 0) is 31.5 Å². The molecule has 0 fully saturated rings. The Morgan fingerprint density at radius 2 is 2.00 bits per heavy atom. The van der Waals surface area contributed by atoms with E-state index in [2.05, 4.69) is 0 Å². The fourth-order valence-corrected chi connectivity index (χ4v) is 1.07. The molecule has 0 unspecified atom stereocenters. The van der Waals surface area contributed by atoms with Gasteiger partial charge in [-0.1, -0.05) is 0 Å². The fraction of sp³-hybridized carbons (Fsp3) is 0.273. The molecular weight excluding hydrogens is 180 g/mol. The molecule has 0 amide bonds. The van der Waals surface area contributed by atoms with Crippen LogP contribution in [0, 0.1) is 6.92 Å². The van der Waals surface area contributed by atoms with Gasteiger partial charge in [-0.25, -0.2) is 0 Å². The lowest BCUT2D eigenvalue weighted by Gasteiger charge is -2.07. The maximum atomic E-state index is 10.7. The molecule has 0 aromatic heterocycles. The average Bonchev–Trinajstić information content (AvgIpc) is 2.01. The van der Waals surface area contributed by atoms with Crippen LogP contribution in [0.1, 0.15) is 19.4 Å². The predicted octanol–water partition coefficient (Wildman–Crippen LogP) is 2.07. The molecule has 74 valence electrons. The van der Waals surface area contributed by atoms with E-state index in [-0.39, 0.29) is 5.97 Å². The minimum absolute atomic E-state index is 0.377. The molecule has 1 aromatic rings. The highest BCUT2D eigenvalue weighted by Gasteiger charge is 2.02. The van der Waals surface area contributed by atoms with E-state index in [4.69, 9.17) is 16.4 Å². The van der Waals surface area contributed by atoms with Crippen LogP contribution in [-0.2, 0) is 4.79 Å². The second-order valence-electron chi connectivity index (χ2n) is 2.76. The van der Waals surface area contributed by atoms with Crippen molar-refractivity contribution in [1.82, 2.24) is 0 Å². The van der Waals surface area contributed by atoms with Gasteiger partial charge in [0, 0.05) is 13.0 Å². The molecule has 1 aromatic carbocycles. The zero-order valence-electron chi connectivity index (χ0n) is 8.24.